The van der Waals surface area contributed by atoms with Crippen molar-refractivity contribution >= 4 is 11.6 Å². The predicted octanol–water partition coefficient (Wildman–Crippen LogP) is 2.79. The zero-order valence-electron chi connectivity index (χ0n) is 13.3. The highest BCUT2D eigenvalue weighted by Crippen LogP contribution is 2.30. The third kappa shape index (κ3) is 4.02. The summed E-state index contributed by atoms with van der Waals surface area (Å²) in [5.74, 6) is -0.776. The van der Waals surface area contributed by atoms with Crippen molar-refractivity contribution in [2.45, 2.75) is 38.4 Å². The standard InChI is InChI=1S/C18H24O4/c1-21-18(22-2)17(20)15-10-6-9-14(16(15)19)12-11-13-7-4-3-5-8-13/h3-5,7-8,14-15,18H,6,9-12H2,1-2H3/t14-,15-/m0/s1. The summed E-state index contributed by atoms with van der Waals surface area (Å²) < 4.78 is 10.0. The van der Waals surface area contributed by atoms with Gasteiger partial charge < -0.3 is 9.47 Å². The number of carbonyl (C=O) groups excluding carboxylic acids is 2. The van der Waals surface area contributed by atoms with Gasteiger partial charge in [-0.15, -0.1) is 0 Å². The second-order valence-corrected chi connectivity index (χ2v) is 5.81. The van der Waals surface area contributed by atoms with Crippen molar-refractivity contribution in [1.29, 1.82) is 0 Å². The number of ether oxygens (including phenoxy) is 2. The molecule has 0 unspecified atom stereocenters. The third-order valence-corrected chi connectivity index (χ3v) is 4.42. The van der Waals surface area contributed by atoms with Gasteiger partial charge in [-0.3, -0.25) is 9.59 Å². The number of methoxy groups -OCH3 is 2. The van der Waals surface area contributed by atoms with Crippen LogP contribution < -0.4 is 0 Å². The molecular weight excluding hydrogens is 280 g/mol. The van der Waals surface area contributed by atoms with E-state index in [1.54, 1.807) is 0 Å². The fraction of sp³-hybridized carbons (Fsp3) is 0.556. The molecule has 4 nitrogen and oxygen atoms in total. The molecule has 0 radical (unpaired) electrons. The molecule has 0 saturated heterocycles. The van der Waals surface area contributed by atoms with Crippen LogP contribution >= 0.6 is 0 Å². The lowest BCUT2D eigenvalue weighted by molar-refractivity contribution is -0.164. The van der Waals surface area contributed by atoms with E-state index in [9.17, 15) is 9.59 Å². The number of benzene rings is 1. The van der Waals surface area contributed by atoms with Gasteiger partial charge in [-0.25, -0.2) is 0 Å². The molecule has 0 heterocycles. The molecule has 1 fully saturated rings. The summed E-state index contributed by atoms with van der Waals surface area (Å²) in [5, 5.41) is 0. The van der Waals surface area contributed by atoms with E-state index in [0.717, 1.165) is 25.7 Å². The fourth-order valence-corrected chi connectivity index (χ4v) is 3.18. The van der Waals surface area contributed by atoms with Gasteiger partial charge in [0.2, 0.25) is 6.29 Å². The number of hydrogen-bond acceptors (Lipinski definition) is 4. The summed E-state index contributed by atoms with van der Waals surface area (Å²) in [6.07, 6.45) is 3.14. The quantitative estimate of drug-likeness (QED) is 0.574. The maximum absolute atomic E-state index is 12.6. The maximum atomic E-state index is 12.6. The molecule has 0 N–H and O–H groups in total. The SMILES string of the molecule is COC(OC)C(=O)[C@H]1CCC[C@@H](CCc2ccccc2)C1=O. The molecular formula is C18H24O4. The van der Waals surface area contributed by atoms with Crippen LogP contribution in [0, 0.1) is 11.8 Å². The normalized spacial score (nSPS) is 22.0. The molecule has 1 aromatic rings. The maximum Gasteiger partial charge on any atom is 0.218 e. The highest BCUT2D eigenvalue weighted by atomic mass is 16.7. The zero-order valence-corrected chi connectivity index (χ0v) is 13.3. The Morgan fingerprint density at radius 1 is 1.18 bits per heavy atom. The van der Waals surface area contributed by atoms with Crippen molar-refractivity contribution < 1.29 is 19.1 Å². The van der Waals surface area contributed by atoms with Gasteiger partial charge in [0.25, 0.3) is 0 Å². The smallest absolute Gasteiger partial charge is 0.218 e. The molecule has 0 aromatic heterocycles. The van der Waals surface area contributed by atoms with Crippen LogP contribution in [0.4, 0.5) is 0 Å². The lowest BCUT2D eigenvalue weighted by atomic mass is 9.76. The van der Waals surface area contributed by atoms with Crippen molar-refractivity contribution in [2.75, 3.05) is 14.2 Å². The number of Topliss-reactive ketones (excluding diaryl/α,β-unsaturated/α-hetero) is 2. The predicted molar refractivity (Wildman–Crippen MR) is 83.4 cm³/mol. The van der Waals surface area contributed by atoms with Gasteiger partial charge >= 0.3 is 0 Å². The van der Waals surface area contributed by atoms with Crippen LogP contribution in [0.2, 0.25) is 0 Å². The first kappa shape index (κ1) is 16.8. The molecule has 0 amide bonds. The summed E-state index contributed by atoms with van der Waals surface area (Å²) in [6, 6.07) is 10.1. The van der Waals surface area contributed by atoms with Crippen molar-refractivity contribution in [3.8, 4) is 0 Å². The van der Waals surface area contributed by atoms with Crippen LogP contribution in [0.15, 0.2) is 30.3 Å². The molecule has 0 spiro atoms. The molecule has 1 saturated carbocycles. The van der Waals surface area contributed by atoms with Gasteiger partial charge in [-0.1, -0.05) is 36.8 Å². The van der Waals surface area contributed by atoms with Gasteiger partial charge in [-0.05, 0) is 31.2 Å². The summed E-state index contributed by atoms with van der Waals surface area (Å²) in [5.41, 5.74) is 1.23. The Morgan fingerprint density at radius 2 is 1.86 bits per heavy atom. The van der Waals surface area contributed by atoms with E-state index >= 15 is 0 Å². The van der Waals surface area contributed by atoms with Gasteiger partial charge in [0.1, 0.15) is 5.78 Å². The minimum absolute atomic E-state index is 0.0303. The van der Waals surface area contributed by atoms with Crippen LogP contribution in [-0.4, -0.2) is 32.1 Å². The van der Waals surface area contributed by atoms with E-state index in [2.05, 4.69) is 12.1 Å². The fourth-order valence-electron chi connectivity index (χ4n) is 3.18. The Morgan fingerprint density at radius 3 is 2.50 bits per heavy atom. The van der Waals surface area contributed by atoms with Crippen LogP contribution in [-0.2, 0) is 25.5 Å². The van der Waals surface area contributed by atoms with E-state index in [0.29, 0.717) is 6.42 Å². The average Bonchev–Trinajstić information content (AvgIpc) is 2.56. The Kier molecular flexibility index (Phi) is 6.28. The molecule has 2 rings (SSSR count). The average molecular weight is 304 g/mol. The van der Waals surface area contributed by atoms with Crippen LogP contribution in [0.3, 0.4) is 0 Å². The highest BCUT2D eigenvalue weighted by Gasteiger charge is 2.38. The van der Waals surface area contributed by atoms with E-state index in [1.165, 1.54) is 19.8 Å². The highest BCUT2D eigenvalue weighted by molar-refractivity contribution is 6.05. The van der Waals surface area contributed by atoms with Gasteiger partial charge in [0.15, 0.2) is 5.78 Å². The Balaban J connectivity index is 1.96. The van der Waals surface area contributed by atoms with E-state index in [1.807, 2.05) is 18.2 Å². The van der Waals surface area contributed by atoms with Gasteiger partial charge in [0, 0.05) is 20.1 Å². The number of hydrogen-bond donors (Lipinski definition) is 0. The zero-order chi connectivity index (χ0) is 15.9. The van der Waals surface area contributed by atoms with Crippen molar-refractivity contribution in [2.24, 2.45) is 11.8 Å². The summed E-state index contributed by atoms with van der Waals surface area (Å²) in [7, 11) is 2.85. The van der Waals surface area contributed by atoms with Crippen molar-refractivity contribution in [3.63, 3.8) is 0 Å². The number of aryl methyl sites for hydroxylation is 1. The molecule has 0 aliphatic heterocycles. The summed E-state index contributed by atoms with van der Waals surface area (Å²) >= 11 is 0. The van der Waals surface area contributed by atoms with Crippen molar-refractivity contribution in [3.05, 3.63) is 35.9 Å². The minimum atomic E-state index is -0.929. The monoisotopic (exact) mass is 304 g/mol. The third-order valence-electron chi connectivity index (χ3n) is 4.42. The molecule has 120 valence electrons. The number of ketones is 2. The van der Waals surface area contributed by atoms with Crippen LogP contribution in [0.5, 0.6) is 0 Å². The van der Waals surface area contributed by atoms with Gasteiger partial charge in [-0.2, -0.15) is 0 Å². The molecule has 2 atom stereocenters. The first-order valence-electron chi connectivity index (χ1n) is 7.84. The number of carbonyl (C=O) groups is 2. The molecule has 1 aliphatic carbocycles. The lowest BCUT2D eigenvalue weighted by Gasteiger charge is -2.28. The first-order chi connectivity index (χ1) is 10.7. The molecule has 22 heavy (non-hydrogen) atoms. The summed E-state index contributed by atoms with van der Waals surface area (Å²) in [6.45, 7) is 0. The Bertz CT molecular complexity index is 493. The molecule has 1 aliphatic rings. The minimum Gasteiger partial charge on any atom is -0.349 e. The lowest BCUT2D eigenvalue weighted by Crippen LogP contribution is -2.40. The van der Waals surface area contributed by atoms with E-state index in [-0.39, 0.29) is 17.5 Å². The molecule has 4 heteroatoms. The van der Waals surface area contributed by atoms with Gasteiger partial charge in [0.05, 0.1) is 5.92 Å². The number of rotatable bonds is 7. The second kappa shape index (κ2) is 8.20. The first-order valence-corrected chi connectivity index (χ1v) is 7.84. The van der Waals surface area contributed by atoms with E-state index < -0.39 is 12.2 Å². The largest absolute Gasteiger partial charge is 0.349 e. The van der Waals surface area contributed by atoms with Crippen molar-refractivity contribution in [1.82, 2.24) is 0 Å². The Hall–Kier alpha value is -1.52. The molecule has 1 aromatic carbocycles. The van der Waals surface area contributed by atoms with Crippen LogP contribution in [0.1, 0.15) is 31.2 Å². The second-order valence-electron chi connectivity index (χ2n) is 5.81. The van der Waals surface area contributed by atoms with E-state index in [4.69, 9.17) is 9.47 Å². The topological polar surface area (TPSA) is 52.6 Å². The summed E-state index contributed by atoms with van der Waals surface area (Å²) in [4.78, 5) is 24.9. The molecule has 0 bridgehead atoms. The Labute approximate surface area is 131 Å². The van der Waals surface area contributed by atoms with Crippen LogP contribution in [0.25, 0.3) is 0 Å².